The number of rotatable bonds is 4. The van der Waals surface area contributed by atoms with Gasteiger partial charge in [0.2, 0.25) is 0 Å². The first-order valence-corrected chi connectivity index (χ1v) is 8.33. The molecule has 0 unspecified atom stereocenters. The van der Waals surface area contributed by atoms with E-state index in [0.717, 1.165) is 36.8 Å². The Morgan fingerprint density at radius 1 is 1.12 bits per heavy atom. The molecule has 1 saturated heterocycles. The summed E-state index contributed by atoms with van der Waals surface area (Å²) in [5.41, 5.74) is 0.764. The van der Waals surface area contributed by atoms with Gasteiger partial charge in [-0.2, -0.15) is 0 Å². The monoisotopic (exact) mass is 326 g/mol. The molecule has 0 amide bonds. The molecular weight excluding hydrogens is 306 g/mol. The maximum Gasteiger partial charge on any atom is 0.344 e. The van der Waals surface area contributed by atoms with Crippen LogP contribution in [0.15, 0.2) is 45.6 Å². The minimum Gasteiger partial charge on any atom is -0.507 e. The molecule has 124 valence electrons. The zero-order valence-corrected chi connectivity index (χ0v) is 13.3. The summed E-state index contributed by atoms with van der Waals surface area (Å²) in [6, 6.07) is 10.9. The van der Waals surface area contributed by atoms with Crippen molar-refractivity contribution in [1.82, 2.24) is 0 Å². The van der Waals surface area contributed by atoms with E-state index < -0.39 is 0 Å². The lowest BCUT2D eigenvalue weighted by Crippen LogP contribution is -2.84. The molecule has 1 aliphatic rings. The summed E-state index contributed by atoms with van der Waals surface area (Å²) in [7, 11) is 0. The number of nitrogens with two attached hydrogens (primary N) is 1. The molecule has 2 heterocycles. The van der Waals surface area contributed by atoms with Crippen LogP contribution in [-0.2, 0) is 11.3 Å². The summed E-state index contributed by atoms with van der Waals surface area (Å²) < 4.78 is 11.2. The molecule has 5 nitrogen and oxygen atoms in total. The molecule has 1 aliphatic heterocycles. The SMILES string of the molecule is O=c1oc2c(C[NH2+]C[C@@H]3CCCO3)c(O)ccc2c2ccccc12. The Morgan fingerprint density at radius 2 is 1.96 bits per heavy atom. The quantitative estimate of drug-likeness (QED) is 0.567. The number of aromatic hydroxyl groups is 1. The van der Waals surface area contributed by atoms with Gasteiger partial charge >= 0.3 is 5.63 Å². The number of phenolic OH excluding ortho intramolecular Hbond substituents is 1. The average molecular weight is 326 g/mol. The second kappa shape index (κ2) is 6.26. The van der Waals surface area contributed by atoms with Crippen molar-refractivity contribution in [1.29, 1.82) is 0 Å². The van der Waals surface area contributed by atoms with Crippen LogP contribution in [0.25, 0.3) is 21.7 Å². The minimum atomic E-state index is -0.371. The lowest BCUT2D eigenvalue weighted by Gasteiger charge is -2.11. The fourth-order valence-electron chi connectivity index (χ4n) is 3.43. The summed E-state index contributed by atoms with van der Waals surface area (Å²) >= 11 is 0. The van der Waals surface area contributed by atoms with Crippen LogP contribution in [0.3, 0.4) is 0 Å². The van der Waals surface area contributed by atoms with E-state index in [4.69, 9.17) is 9.15 Å². The van der Waals surface area contributed by atoms with Crippen molar-refractivity contribution in [2.75, 3.05) is 13.2 Å². The van der Waals surface area contributed by atoms with E-state index in [9.17, 15) is 9.90 Å². The van der Waals surface area contributed by atoms with Crippen molar-refractivity contribution in [3.8, 4) is 5.75 Å². The first kappa shape index (κ1) is 15.2. The maximum absolute atomic E-state index is 12.3. The minimum absolute atomic E-state index is 0.157. The smallest absolute Gasteiger partial charge is 0.344 e. The van der Waals surface area contributed by atoms with Crippen molar-refractivity contribution >= 4 is 21.7 Å². The zero-order valence-electron chi connectivity index (χ0n) is 13.3. The van der Waals surface area contributed by atoms with E-state index in [0.29, 0.717) is 23.1 Å². The number of quaternary nitrogens is 1. The van der Waals surface area contributed by atoms with Crippen molar-refractivity contribution in [2.24, 2.45) is 0 Å². The highest BCUT2D eigenvalue weighted by Gasteiger charge is 2.19. The highest BCUT2D eigenvalue weighted by atomic mass is 16.5. The Bertz CT molecular complexity index is 941. The second-order valence-corrected chi connectivity index (χ2v) is 6.24. The number of benzene rings is 2. The number of hydrogen-bond donors (Lipinski definition) is 2. The average Bonchev–Trinajstić information content (AvgIpc) is 3.11. The molecule has 1 atom stereocenters. The highest BCUT2D eigenvalue weighted by molar-refractivity contribution is 6.05. The number of phenols is 1. The molecule has 0 aliphatic carbocycles. The van der Waals surface area contributed by atoms with Crippen LogP contribution < -0.4 is 10.9 Å². The number of ether oxygens (including phenoxy) is 1. The molecule has 24 heavy (non-hydrogen) atoms. The predicted molar refractivity (Wildman–Crippen MR) is 91.1 cm³/mol. The molecule has 0 bridgehead atoms. The Hall–Kier alpha value is -2.37. The van der Waals surface area contributed by atoms with Gasteiger partial charge in [-0.25, -0.2) is 4.79 Å². The van der Waals surface area contributed by atoms with Gasteiger partial charge in [0.1, 0.15) is 24.9 Å². The fourth-order valence-corrected chi connectivity index (χ4v) is 3.43. The third-order valence-corrected chi connectivity index (χ3v) is 4.67. The lowest BCUT2D eigenvalue weighted by atomic mass is 10.0. The zero-order chi connectivity index (χ0) is 16.5. The van der Waals surface area contributed by atoms with E-state index in [1.54, 1.807) is 18.2 Å². The van der Waals surface area contributed by atoms with E-state index in [-0.39, 0.29) is 17.5 Å². The third-order valence-electron chi connectivity index (χ3n) is 4.67. The Kier molecular flexibility index (Phi) is 3.96. The first-order valence-electron chi connectivity index (χ1n) is 8.33. The standard InChI is InChI=1S/C19H19NO4/c21-17-8-7-14-13-5-1-2-6-15(13)19(22)24-18(14)16(17)11-20-10-12-4-3-9-23-12/h1-2,5-8,12,20-21H,3-4,9-11H2/p+1/t12-/m0/s1. The normalized spacial score (nSPS) is 17.8. The molecule has 2 aromatic carbocycles. The summed E-state index contributed by atoms with van der Waals surface area (Å²) in [5, 5.41) is 14.6. The Labute approximate surface area is 138 Å². The molecule has 3 aromatic rings. The van der Waals surface area contributed by atoms with Gasteiger partial charge in [-0.15, -0.1) is 0 Å². The first-order chi connectivity index (χ1) is 11.7. The summed E-state index contributed by atoms with van der Waals surface area (Å²) in [4.78, 5) is 12.3. The molecular formula is C19H20NO4+. The molecule has 1 aromatic heterocycles. The van der Waals surface area contributed by atoms with Crippen molar-refractivity contribution in [2.45, 2.75) is 25.5 Å². The lowest BCUT2D eigenvalue weighted by molar-refractivity contribution is -0.676. The second-order valence-electron chi connectivity index (χ2n) is 6.24. The van der Waals surface area contributed by atoms with Crippen LogP contribution in [0, 0.1) is 0 Å². The van der Waals surface area contributed by atoms with Gasteiger partial charge in [0.25, 0.3) is 0 Å². The molecule has 5 heteroatoms. The van der Waals surface area contributed by atoms with Gasteiger partial charge in [0, 0.05) is 12.0 Å². The van der Waals surface area contributed by atoms with Crippen molar-refractivity contribution < 1.29 is 19.6 Å². The fraction of sp³-hybridized carbons (Fsp3) is 0.316. The summed E-state index contributed by atoms with van der Waals surface area (Å²) in [6.07, 6.45) is 2.46. The van der Waals surface area contributed by atoms with Crippen LogP contribution in [0.5, 0.6) is 5.75 Å². The number of hydrogen-bond acceptors (Lipinski definition) is 4. The predicted octanol–water partition coefficient (Wildman–Crippen LogP) is 1.89. The van der Waals surface area contributed by atoms with Gasteiger partial charge in [0.15, 0.2) is 5.58 Å². The maximum atomic E-state index is 12.3. The van der Waals surface area contributed by atoms with Crippen LogP contribution in [-0.4, -0.2) is 24.4 Å². The Morgan fingerprint density at radius 3 is 2.75 bits per heavy atom. The van der Waals surface area contributed by atoms with Crippen LogP contribution >= 0.6 is 0 Å². The highest BCUT2D eigenvalue weighted by Crippen LogP contribution is 2.30. The van der Waals surface area contributed by atoms with Crippen LogP contribution in [0.4, 0.5) is 0 Å². The van der Waals surface area contributed by atoms with Crippen molar-refractivity contribution in [3.05, 3.63) is 52.4 Å². The van der Waals surface area contributed by atoms with E-state index >= 15 is 0 Å². The molecule has 0 saturated carbocycles. The molecule has 4 rings (SSSR count). The third kappa shape index (κ3) is 2.66. The van der Waals surface area contributed by atoms with Gasteiger partial charge in [-0.05, 0) is 36.4 Å². The van der Waals surface area contributed by atoms with Crippen molar-refractivity contribution in [3.63, 3.8) is 0 Å². The van der Waals surface area contributed by atoms with Crippen LogP contribution in [0.1, 0.15) is 18.4 Å². The van der Waals surface area contributed by atoms with Gasteiger partial charge in [0.05, 0.1) is 10.9 Å². The van der Waals surface area contributed by atoms with Crippen LogP contribution in [0.2, 0.25) is 0 Å². The van der Waals surface area contributed by atoms with Gasteiger partial charge < -0.3 is 19.6 Å². The summed E-state index contributed by atoms with van der Waals surface area (Å²) in [6.45, 7) is 2.22. The molecule has 0 radical (unpaired) electrons. The van der Waals surface area contributed by atoms with E-state index in [2.05, 4.69) is 5.32 Å². The number of fused-ring (bicyclic) bond motifs is 3. The van der Waals surface area contributed by atoms with E-state index in [1.165, 1.54) is 0 Å². The van der Waals surface area contributed by atoms with Gasteiger partial charge in [-0.1, -0.05) is 18.2 Å². The molecule has 0 spiro atoms. The molecule has 1 fully saturated rings. The van der Waals surface area contributed by atoms with E-state index in [1.807, 2.05) is 18.2 Å². The summed E-state index contributed by atoms with van der Waals surface area (Å²) in [5.74, 6) is 0.157. The largest absolute Gasteiger partial charge is 0.507 e. The van der Waals surface area contributed by atoms with Gasteiger partial charge in [-0.3, -0.25) is 0 Å². The molecule has 3 N–H and O–H groups in total. The Balaban J connectivity index is 1.73. The topological polar surface area (TPSA) is 76.3 Å².